The zero-order valence-electron chi connectivity index (χ0n) is 16.0. The van der Waals surface area contributed by atoms with Gasteiger partial charge in [0.1, 0.15) is 12.1 Å². The molecular formula is C20H24N2O5. The van der Waals surface area contributed by atoms with Crippen LogP contribution in [0.25, 0.3) is 0 Å². The first-order chi connectivity index (χ1) is 12.6. The lowest BCUT2D eigenvalue weighted by molar-refractivity contribution is -0.146. The largest absolute Gasteiger partial charge is 0.456 e. The summed E-state index contributed by atoms with van der Waals surface area (Å²) in [5, 5.41) is 2.67. The predicted octanol–water partition coefficient (Wildman–Crippen LogP) is 2.06. The molecule has 0 spiro atoms. The number of carbonyl (C=O) groups is 4. The quantitative estimate of drug-likeness (QED) is 0.469. The number of hydrogen-bond donors (Lipinski definition) is 1. The number of benzene rings is 1. The zero-order chi connectivity index (χ0) is 19.9. The van der Waals surface area contributed by atoms with Gasteiger partial charge in [-0.15, -0.1) is 0 Å². The van der Waals surface area contributed by atoms with Crippen LogP contribution in [0.2, 0.25) is 0 Å². The molecule has 1 aromatic carbocycles. The molecule has 0 unspecified atom stereocenters. The van der Waals surface area contributed by atoms with Crippen LogP contribution < -0.4 is 5.32 Å². The number of esters is 1. The van der Waals surface area contributed by atoms with E-state index in [2.05, 4.69) is 5.32 Å². The summed E-state index contributed by atoms with van der Waals surface area (Å²) < 4.78 is 5.02. The van der Waals surface area contributed by atoms with Crippen molar-refractivity contribution in [3.05, 3.63) is 34.4 Å². The third-order valence-corrected chi connectivity index (χ3v) is 5.49. The molecule has 0 bridgehead atoms. The molecule has 27 heavy (non-hydrogen) atoms. The van der Waals surface area contributed by atoms with Gasteiger partial charge < -0.3 is 10.1 Å². The van der Waals surface area contributed by atoms with E-state index < -0.39 is 36.6 Å². The molecule has 0 radical (unpaired) electrons. The smallest absolute Gasteiger partial charge is 0.326 e. The van der Waals surface area contributed by atoms with E-state index in [9.17, 15) is 19.2 Å². The number of carbonyl (C=O) groups excluding carboxylic acids is 4. The van der Waals surface area contributed by atoms with Crippen LogP contribution in [0.3, 0.4) is 0 Å². The number of urea groups is 1. The van der Waals surface area contributed by atoms with Crippen molar-refractivity contribution in [3.63, 3.8) is 0 Å². The van der Waals surface area contributed by atoms with E-state index in [0.29, 0.717) is 5.56 Å². The summed E-state index contributed by atoms with van der Waals surface area (Å²) in [6.45, 7) is 6.46. The van der Waals surface area contributed by atoms with Crippen molar-refractivity contribution in [1.82, 2.24) is 10.2 Å². The Labute approximate surface area is 158 Å². The Hall–Kier alpha value is -2.70. The number of ketones is 1. The molecule has 2 aliphatic rings. The molecule has 1 aromatic rings. The molecule has 0 aromatic heterocycles. The lowest BCUT2D eigenvalue weighted by Gasteiger charge is -2.20. The Morgan fingerprint density at radius 1 is 1.15 bits per heavy atom. The normalized spacial score (nSPS) is 22.0. The maximum Gasteiger partial charge on any atom is 0.326 e. The molecule has 1 heterocycles. The summed E-state index contributed by atoms with van der Waals surface area (Å²) in [7, 11) is 0. The van der Waals surface area contributed by atoms with Crippen molar-refractivity contribution >= 4 is 23.7 Å². The van der Waals surface area contributed by atoms with Crippen LogP contribution in [-0.4, -0.2) is 47.3 Å². The number of hydrogen-bond acceptors (Lipinski definition) is 5. The van der Waals surface area contributed by atoms with Gasteiger partial charge >= 0.3 is 12.0 Å². The molecule has 3 rings (SSSR count). The molecule has 3 amide bonds. The highest BCUT2D eigenvalue weighted by atomic mass is 16.5. The van der Waals surface area contributed by atoms with Gasteiger partial charge in [-0.25, -0.2) is 4.79 Å². The summed E-state index contributed by atoms with van der Waals surface area (Å²) in [5.74, 6) is -1.40. The number of Topliss-reactive ketones (excluding diaryl/α,β-unsaturated/α-hetero) is 1. The van der Waals surface area contributed by atoms with Crippen LogP contribution in [0.4, 0.5) is 4.79 Å². The Morgan fingerprint density at radius 3 is 2.41 bits per heavy atom. The molecule has 1 aliphatic heterocycles. The van der Waals surface area contributed by atoms with Crippen LogP contribution in [0, 0.1) is 26.7 Å². The first kappa shape index (κ1) is 19.1. The minimum absolute atomic E-state index is 0.115. The second kappa shape index (κ2) is 6.79. The average molecular weight is 372 g/mol. The second-order valence-electron chi connectivity index (χ2n) is 7.63. The lowest BCUT2D eigenvalue weighted by Crippen LogP contribution is -2.46. The highest BCUT2D eigenvalue weighted by Gasteiger charge is 2.56. The van der Waals surface area contributed by atoms with E-state index in [1.807, 2.05) is 26.8 Å². The summed E-state index contributed by atoms with van der Waals surface area (Å²) in [4.78, 5) is 49.9. The summed E-state index contributed by atoms with van der Waals surface area (Å²) in [5.41, 5.74) is 2.44. The van der Waals surface area contributed by atoms with E-state index in [1.54, 1.807) is 13.0 Å². The number of imide groups is 1. The number of amides is 3. The average Bonchev–Trinajstić information content (AvgIpc) is 3.42. The molecule has 144 valence electrons. The maximum absolute atomic E-state index is 12.5. The van der Waals surface area contributed by atoms with E-state index in [-0.39, 0.29) is 11.7 Å². The molecule has 7 heteroatoms. The molecule has 7 nitrogen and oxygen atoms in total. The Morgan fingerprint density at radius 2 is 1.78 bits per heavy atom. The number of ether oxygens (including phenoxy) is 1. The summed E-state index contributed by atoms with van der Waals surface area (Å²) in [6.07, 6.45) is 1.76. The molecule has 2 fully saturated rings. The molecular weight excluding hydrogens is 348 g/mol. The monoisotopic (exact) mass is 372 g/mol. The second-order valence-corrected chi connectivity index (χ2v) is 7.63. The molecule has 1 aliphatic carbocycles. The van der Waals surface area contributed by atoms with Gasteiger partial charge in [0.15, 0.2) is 6.61 Å². The van der Waals surface area contributed by atoms with Crippen LogP contribution in [-0.2, 0) is 14.3 Å². The van der Waals surface area contributed by atoms with Gasteiger partial charge in [0.25, 0.3) is 5.91 Å². The maximum atomic E-state index is 12.5. The van der Waals surface area contributed by atoms with Gasteiger partial charge in [0, 0.05) is 5.56 Å². The van der Waals surface area contributed by atoms with Gasteiger partial charge in [-0.05, 0) is 69.2 Å². The Kier molecular flexibility index (Phi) is 4.80. The fourth-order valence-electron chi connectivity index (χ4n) is 3.46. The standard InChI is InChI=1S/C20H24N2O5/c1-11-7-13(3)15(8-12(11)2)16(23)10-27-17(24)9-22-18(25)20(4,14-5-6-14)21-19(22)26/h7-8,14H,5-6,9-10H2,1-4H3,(H,21,26)/t20-/m0/s1. The lowest BCUT2D eigenvalue weighted by atomic mass is 9.96. The molecule has 1 saturated heterocycles. The van der Waals surface area contributed by atoms with Crippen molar-refractivity contribution in [2.24, 2.45) is 5.92 Å². The number of aryl methyl sites for hydroxylation is 3. The first-order valence-electron chi connectivity index (χ1n) is 9.04. The van der Waals surface area contributed by atoms with E-state index >= 15 is 0 Å². The van der Waals surface area contributed by atoms with Crippen LogP contribution in [0.1, 0.15) is 46.8 Å². The highest BCUT2D eigenvalue weighted by Crippen LogP contribution is 2.42. The van der Waals surface area contributed by atoms with Gasteiger partial charge in [0.2, 0.25) is 5.78 Å². The van der Waals surface area contributed by atoms with Crippen LogP contribution in [0.5, 0.6) is 0 Å². The zero-order valence-corrected chi connectivity index (χ0v) is 16.0. The highest BCUT2D eigenvalue weighted by molar-refractivity contribution is 6.09. The SMILES string of the molecule is Cc1cc(C)c(C(=O)COC(=O)CN2C(=O)N[C@@](C)(C3CC3)C2=O)cc1C. The Bertz CT molecular complexity index is 843. The van der Waals surface area contributed by atoms with Crippen molar-refractivity contribution < 1.29 is 23.9 Å². The van der Waals surface area contributed by atoms with Gasteiger partial charge in [-0.2, -0.15) is 0 Å². The minimum atomic E-state index is -0.941. The third kappa shape index (κ3) is 3.59. The van der Waals surface area contributed by atoms with Crippen molar-refractivity contribution in [2.75, 3.05) is 13.2 Å². The van der Waals surface area contributed by atoms with Gasteiger partial charge in [-0.3, -0.25) is 19.3 Å². The van der Waals surface area contributed by atoms with Gasteiger partial charge in [-0.1, -0.05) is 6.07 Å². The van der Waals surface area contributed by atoms with Crippen molar-refractivity contribution in [3.8, 4) is 0 Å². The van der Waals surface area contributed by atoms with Crippen LogP contribution >= 0.6 is 0 Å². The van der Waals surface area contributed by atoms with Crippen molar-refractivity contribution in [1.29, 1.82) is 0 Å². The fourth-order valence-corrected chi connectivity index (χ4v) is 3.46. The predicted molar refractivity (Wildman–Crippen MR) is 97.3 cm³/mol. The first-order valence-corrected chi connectivity index (χ1v) is 9.04. The Balaban J connectivity index is 1.59. The fraction of sp³-hybridized carbons (Fsp3) is 0.500. The number of rotatable bonds is 6. The third-order valence-electron chi connectivity index (χ3n) is 5.49. The van der Waals surface area contributed by atoms with E-state index in [0.717, 1.165) is 34.4 Å². The molecule has 1 atom stereocenters. The summed E-state index contributed by atoms with van der Waals surface area (Å²) >= 11 is 0. The van der Waals surface area contributed by atoms with Crippen molar-refractivity contribution in [2.45, 2.75) is 46.1 Å². The topological polar surface area (TPSA) is 92.8 Å². The summed E-state index contributed by atoms with van der Waals surface area (Å²) in [6, 6.07) is 3.10. The van der Waals surface area contributed by atoms with Gasteiger partial charge in [0.05, 0.1) is 0 Å². The number of nitrogens with zero attached hydrogens (tertiary/aromatic N) is 1. The van der Waals surface area contributed by atoms with Crippen LogP contribution in [0.15, 0.2) is 12.1 Å². The van der Waals surface area contributed by atoms with E-state index in [4.69, 9.17) is 4.74 Å². The number of nitrogens with one attached hydrogen (secondary N) is 1. The van der Waals surface area contributed by atoms with E-state index in [1.165, 1.54) is 0 Å². The minimum Gasteiger partial charge on any atom is -0.456 e. The molecule has 1 saturated carbocycles. The molecule has 1 N–H and O–H groups in total.